The Kier molecular flexibility index (Phi) is 8.31. The summed E-state index contributed by atoms with van der Waals surface area (Å²) >= 11 is 0. The predicted molar refractivity (Wildman–Crippen MR) is 180 cm³/mol. The van der Waals surface area contributed by atoms with Crippen molar-refractivity contribution in [2.75, 3.05) is 0 Å². The molecule has 0 fully saturated rings. The van der Waals surface area contributed by atoms with Gasteiger partial charge in [0.05, 0.1) is 5.57 Å². The molecule has 0 bridgehead atoms. The summed E-state index contributed by atoms with van der Waals surface area (Å²) < 4.78 is 87.4. The summed E-state index contributed by atoms with van der Waals surface area (Å²) in [6, 6.07) is 20.8. The second-order valence-electron chi connectivity index (χ2n) is 11.9. The van der Waals surface area contributed by atoms with Crippen LogP contribution in [0.5, 0.6) is 0 Å². The van der Waals surface area contributed by atoms with Crippen molar-refractivity contribution in [2.45, 2.75) is 12.8 Å². The molecular weight excluding hydrogens is 674 g/mol. The number of rotatable bonds is 4. The molecule has 248 valence electrons. The van der Waals surface area contributed by atoms with Crippen LogP contribution in [0.4, 0.5) is 26.3 Å². The smallest absolute Gasteiger partial charge is 0.207 e. The Bertz CT molecular complexity index is 2540. The highest BCUT2D eigenvalue weighted by Crippen LogP contribution is 2.42. The molecule has 0 saturated heterocycles. The Balaban J connectivity index is 1.85. The van der Waals surface area contributed by atoms with Crippen LogP contribution in [0.2, 0.25) is 0 Å². The first-order valence-corrected chi connectivity index (χ1v) is 15.5. The molecule has 0 atom stereocenters. The third-order valence-corrected chi connectivity index (χ3v) is 9.21. The maximum Gasteiger partial charge on any atom is 0.523 e. The van der Waals surface area contributed by atoms with Crippen molar-refractivity contribution in [2.24, 2.45) is 0 Å². The Labute approximate surface area is 292 Å². The number of nitriles is 2. The van der Waals surface area contributed by atoms with E-state index in [0.717, 1.165) is 24.3 Å². The molecular formula is C42H18F6N4. The van der Waals surface area contributed by atoms with Gasteiger partial charge in [0.2, 0.25) is 0 Å². The average Bonchev–Trinajstić information content (AvgIpc) is 3.71. The molecule has 52 heavy (non-hydrogen) atoms. The van der Waals surface area contributed by atoms with E-state index in [0.29, 0.717) is 43.8 Å². The molecule has 7 rings (SSSR count). The molecule has 0 radical (unpaired) electrons. The fourth-order valence-electron chi connectivity index (χ4n) is 7.13. The van der Waals surface area contributed by atoms with Crippen LogP contribution in [-0.4, -0.2) is 0 Å². The summed E-state index contributed by atoms with van der Waals surface area (Å²) in [7, 11) is 0. The highest BCUT2D eigenvalue weighted by Gasteiger charge is 2.37. The molecule has 0 amide bonds. The first-order chi connectivity index (χ1) is 25.1. The lowest BCUT2D eigenvalue weighted by Gasteiger charge is -2.17. The van der Waals surface area contributed by atoms with Crippen LogP contribution in [0, 0.1) is 70.7 Å². The SMILES string of the molecule is [C-]#[N+]C([N+]#[C-])=C1Cc2c(-c3ccc(F)cc3)c3c(c(-c4ccc(F)cc4)c2=C1c1ccc(F)c(F)c1)CC(=C(C#N)C#N)C=3c1ccc(F)c(F)c1. The Morgan fingerprint density at radius 3 is 1.29 bits per heavy atom. The Morgan fingerprint density at radius 1 is 0.519 bits per heavy atom. The monoisotopic (exact) mass is 692 g/mol. The summed E-state index contributed by atoms with van der Waals surface area (Å²) in [5.41, 5.74) is 3.20. The van der Waals surface area contributed by atoms with Crippen LogP contribution in [-0.2, 0) is 12.8 Å². The van der Waals surface area contributed by atoms with Gasteiger partial charge in [-0.25, -0.2) is 26.3 Å². The standard InChI is InChI=1S/C42H18F6N4/c1-51-42(52-2)31-18-30-37(22-5-11-27(44)12-6-22)40-29(17-28(25(19-49)20-50)38(40)23-7-13-32(45)34(47)15-23)36(21-3-9-26(43)10-4-21)41(30)39(31)24-8-14-33(46)35(48)16-24/h3-16H,17-18H2. The van der Waals surface area contributed by atoms with Crippen LogP contribution in [0.1, 0.15) is 22.3 Å². The largest absolute Gasteiger partial charge is 0.523 e. The molecule has 5 aromatic carbocycles. The number of hydrogen-bond donors (Lipinski definition) is 0. The molecule has 5 aromatic rings. The van der Waals surface area contributed by atoms with Gasteiger partial charge in [-0.05, 0) is 127 Å². The van der Waals surface area contributed by atoms with Gasteiger partial charge in [0.1, 0.15) is 42.5 Å². The van der Waals surface area contributed by atoms with E-state index in [-0.39, 0.29) is 57.7 Å². The van der Waals surface area contributed by atoms with Gasteiger partial charge in [0.25, 0.3) is 0 Å². The Hall–Kier alpha value is -7.14. The third kappa shape index (κ3) is 5.32. The van der Waals surface area contributed by atoms with Crippen LogP contribution in [0.25, 0.3) is 43.1 Å². The second-order valence-corrected chi connectivity index (χ2v) is 11.9. The maximum atomic E-state index is 15.0. The topological polar surface area (TPSA) is 56.3 Å². The predicted octanol–water partition coefficient (Wildman–Crippen LogP) is 8.76. The van der Waals surface area contributed by atoms with Crippen molar-refractivity contribution in [3.05, 3.63) is 198 Å². The summed E-state index contributed by atoms with van der Waals surface area (Å²) in [4.78, 5) is 6.92. The summed E-state index contributed by atoms with van der Waals surface area (Å²) in [6.45, 7) is 15.7. The van der Waals surface area contributed by atoms with Crippen molar-refractivity contribution >= 4 is 11.1 Å². The molecule has 0 unspecified atom stereocenters. The summed E-state index contributed by atoms with van der Waals surface area (Å²) in [5, 5.41) is 21.0. The number of hydrogen-bond acceptors (Lipinski definition) is 2. The first-order valence-electron chi connectivity index (χ1n) is 15.5. The minimum atomic E-state index is -1.20. The lowest BCUT2D eigenvalue weighted by atomic mass is 9.86. The number of benzene rings is 5. The molecule has 0 spiro atoms. The van der Waals surface area contributed by atoms with Crippen molar-refractivity contribution < 1.29 is 26.3 Å². The average molecular weight is 693 g/mol. The molecule has 0 N–H and O–H groups in total. The van der Waals surface area contributed by atoms with E-state index in [1.54, 1.807) is 0 Å². The van der Waals surface area contributed by atoms with E-state index in [4.69, 9.17) is 13.1 Å². The lowest BCUT2D eigenvalue weighted by molar-refractivity contribution is 0.508. The minimum Gasteiger partial charge on any atom is -0.207 e. The van der Waals surface area contributed by atoms with Gasteiger partial charge in [-0.15, -0.1) is 0 Å². The number of halogens is 6. The van der Waals surface area contributed by atoms with Crippen molar-refractivity contribution in [3.8, 4) is 34.4 Å². The quantitative estimate of drug-likeness (QED) is 0.108. The zero-order chi connectivity index (χ0) is 36.8. The molecule has 0 aliphatic heterocycles. The van der Waals surface area contributed by atoms with Gasteiger partial charge in [0, 0.05) is 6.42 Å². The van der Waals surface area contributed by atoms with Gasteiger partial charge < -0.3 is 0 Å². The number of nitrogens with zero attached hydrogens (tertiary/aromatic N) is 4. The Morgan fingerprint density at radius 2 is 0.904 bits per heavy atom. The van der Waals surface area contributed by atoms with Crippen LogP contribution in [0.15, 0.2) is 107 Å². The molecule has 2 aliphatic carbocycles. The van der Waals surface area contributed by atoms with Gasteiger partial charge in [-0.2, -0.15) is 20.2 Å². The van der Waals surface area contributed by atoms with Gasteiger partial charge >= 0.3 is 5.82 Å². The molecule has 0 heterocycles. The highest BCUT2D eigenvalue weighted by molar-refractivity contribution is 5.97. The summed E-state index contributed by atoms with van der Waals surface area (Å²) in [6.07, 6.45) is -0.248. The van der Waals surface area contributed by atoms with Crippen molar-refractivity contribution in [1.82, 2.24) is 0 Å². The fourth-order valence-corrected chi connectivity index (χ4v) is 7.13. The maximum absolute atomic E-state index is 15.0. The molecule has 10 heteroatoms. The zero-order valence-corrected chi connectivity index (χ0v) is 26.6. The second kappa shape index (κ2) is 13.0. The highest BCUT2D eigenvalue weighted by atomic mass is 19.2. The van der Waals surface area contributed by atoms with E-state index in [9.17, 15) is 36.9 Å². The van der Waals surface area contributed by atoms with Gasteiger partial charge in [-0.1, -0.05) is 36.4 Å². The van der Waals surface area contributed by atoms with E-state index >= 15 is 0 Å². The first kappa shape index (κ1) is 33.4. The van der Waals surface area contributed by atoms with E-state index in [2.05, 4.69) is 9.69 Å². The lowest BCUT2D eigenvalue weighted by Crippen LogP contribution is -2.25. The van der Waals surface area contributed by atoms with Crippen molar-refractivity contribution in [3.63, 3.8) is 0 Å². The number of allylic oxidation sites excluding steroid dienone is 3. The summed E-state index contributed by atoms with van der Waals surface area (Å²) in [5.74, 6) is -6.16. The van der Waals surface area contributed by atoms with Gasteiger partial charge in [0.15, 0.2) is 23.3 Å². The van der Waals surface area contributed by atoms with Crippen LogP contribution < -0.4 is 10.4 Å². The van der Waals surface area contributed by atoms with E-state index in [1.165, 1.54) is 60.7 Å². The molecule has 4 nitrogen and oxygen atoms in total. The number of fused-ring (bicyclic) bond motifs is 2. The third-order valence-electron chi connectivity index (χ3n) is 9.21. The normalized spacial score (nSPS) is 12.8. The minimum absolute atomic E-state index is 0.116. The molecule has 0 saturated carbocycles. The van der Waals surface area contributed by atoms with Crippen LogP contribution >= 0.6 is 0 Å². The van der Waals surface area contributed by atoms with E-state index < -0.39 is 34.9 Å². The molecule has 2 aliphatic rings. The van der Waals surface area contributed by atoms with Crippen molar-refractivity contribution in [1.29, 1.82) is 10.5 Å². The van der Waals surface area contributed by atoms with Gasteiger partial charge in [-0.3, -0.25) is 0 Å². The zero-order valence-electron chi connectivity index (χ0n) is 26.6. The van der Waals surface area contributed by atoms with Crippen LogP contribution in [0.3, 0.4) is 0 Å². The fraction of sp³-hybridized carbons (Fsp3) is 0.0476. The molecule has 0 aromatic heterocycles. The van der Waals surface area contributed by atoms with E-state index in [1.807, 2.05) is 12.1 Å².